The van der Waals surface area contributed by atoms with E-state index >= 15 is 0 Å². The van der Waals surface area contributed by atoms with Crippen molar-refractivity contribution >= 4 is 0 Å². The normalized spacial score (nSPS) is 40.7. The fraction of sp³-hybridized carbons (Fsp3) is 1.00. The van der Waals surface area contributed by atoms with Crippen LogP contribution in [-0.2, 0) is 14.2 Å². The summed E-state index contributed by atoms with van der Waals surface area (Å²) in [4.78, 5) is 0. The van der Waals surface area contributed by atoms with E-state index in [0.29, 0.717) is 26.1 Å². The molecule has 7 heteroatoms. The molecular formula is C12H22O7. The van der Waals surface area contributed by atoms with Gasteiger partial charge in [0.05, 0.1) is 25.4 Å². The van der Waals surface area contributed by atoms with Crippen molar-refractivity contribution in [2.45, 2.75) is 62.7 Å². The van der Waals surface area contributed by atoms with Crippen LogP contribution in [0.5, 0.6) is 0 Å². The van der Waals surface area contributed by atoms with Crippen LogP contribution < -0.4 is 0 Å². The van der Waals surface area contributed by atoms with E-state index < -0.39 is 36.0 Å². The molecule has 0 spiro atoms. The largest absolute Gasteiger partial charge is 0.391 e. The molecule has 0 aromatic rings. The molecule has 19 heavy (non-hydrogen) atoms. The molecule has 2 saturated heterocycles. The molecule has 4 N–H and O–H groups in total. The second-order valence-corrected chi connectivity index (χ2v) is 5.29. The highest BCUT2D eigenvalue weighted by Crippen LogP contribution is 2.43. The van der Waals surface area contributed by atoms with Crippen molar-refractivity contribution in [3.63, 3.8) is 0 Å². The van der Waals surface area contributed by atoms with Gasteiger partial charge in [-0.15, -0.1) is 0 Å². The highest BCUT2D eigenvalue weighted by molar-refractivity contribution is 4.96. The predicted octanol–water partition coefficient (Wildman–Crippen LogP) is -1.28. The van der Waals surface area contributed by atoms with Gasteiger partial charge >= 0.3 is 0 Å². The molecule has 2 aliphatic heterocycles. The van der Waals surface area contributed by atoms with Crippen molar-refractivity contribution in [2.75, 3.05) is 13.2 Å². The fourth-order valence-electron chi connectivity index (χ4n) is 2.38. The van der Waals surface area contributed by atoms with Gasteiger partial charge < -0.3 is 34.6 Å². The third-order valence-corrected chi connectivity index (χ3v) is 3.75. The summed E-state index contributed by atoms with van der Waals surface area (Å²) in [5, 5.41) is 39.0. The zero-order valence-electron chi connectivity index (χ0n) is 11.2. The molecular weight excluding hydrogens is 256 g/mol. The minimum absolute atomic E-state index is 0.386. The van der Waals surface area contributed by atoms with Crippen LogP contribution >= 0.6 is 0 Å². The van der Waals surface area contributed by atoms with Crippen molar-refractivity contribution in [1.82, 2.24) is 0 Å². The monoisotopic (exact) mass is 278 g/mol. The van der Waals surface area contributed by atoms with Crippen LogP contribution in [0, 0.1) is 0 Å². The minimum atomic E-state index is -1.38. The van der Waals surface area contributed by atoms with E-state index in [1.807, 2.05) is 0 Å². The van der Waals surface area contributed by atoms with Crippen molar-refractivity contribution in [3.8, 4) is 0 Å². The highest BCUT2D eigenvalue weighted by atomic mass is 16.8. The Balaban J connectivity index is 2.12. The Bertz CT molecular complexity index is 279. The maximum atomic E-state index is 10.0. The molecule has 0 saturated carbocycles. The standard InChI is InChI=1S/C12H22O7/c1-7(13)9(15)11(3-5-17-11)19-12(4-6-18-12)10(16)8(2)14/h7-10,13-16H,3-6H2,1-2H3. The molecule has 2 aliphatic rings. The summed E-state index contributed by atoms with van der Waals surface area (Å²) in [6, 6.07) is 0. The van der Waals surface area contributed by atoms with Gasteiger partial charge in [0.1, 0.15) is 12.2 Å². The van der Waals surface area contributed by atoms with Gasteiger partial charge in [-0.2, -0.15) is 0 Å². The number of aliphatic hydroxyl groups excluding tert-OH is 4. The molecule has 0 aliphatic carbocycles. The van der Waals surface area contributed by atoms with Gasteiger partial charge in [-0.05, 0) is 13.8 Å². The van der Waals surface area contributed by atoms with E-state index in [2.05, 4.69) is 0 Å². The minimum Gasteiger partial charge on any atom is -0.391 e. The summed E-state index contributed by atoms with van der Waals surface area (Å²) < 4.78 is 16.3. The van der Waals surface area contributed by atoms with Crippen LogP contribution in [0.15, 0.2) is 0 Å². The third kappa shape index (κ3) is 2.52. The molecule has 0 aromatic carbocycles. The fourth-order valence-corrected chi connectivity index (χ4v) is 2.38. The van der Waals surface area contributed by atoms with Gasteiger partial charge in [0, 0.05) is 12.8 Å². The molecule has 6 unspecified atom stereocenters. The number of rotatable bonds is 6. The van der Waals surface area contributed by atoms with E-state index in [-0.39, 0.29) is 0 Å². The highest BCUT2D eigenvalue weighted by Gasteiger charge is 2.59. The summed E-state index contributed by atoms with van der Waals surface area (Å²) in [6.07, 6.45) is -3.80. The van der Waals surface area contributed by atoms with Crippen LogP contribution in [0.25, 0.3) is 0 Å². The molecule has 2 rings (SSSR count). The number of aliphatic hydroxyl groups is 4. The molecule has 6 atom stereocenters. The summed E-state index contributed by atoms with van der Waals surface area (Å²) in [7, 11) is 0. The number of hydrogen-bond donors (Lipinski definition) is 4. The topological polar surface area (TPSA) is 109 Å². The van der Waals surface area contributed by atoms with Crippen LogP contribution in [-0.4, -0.2) is 69.6 Å². The average molecular weight is 278 g/mol. The second kappa shape index (κ2) is 5.25. The van der Waals surface area contributed by atoms with E-state index in [1.54, 1.807) is 0 Å². The first-order chi connectivity index (χ1) is 8.83. The molecule has 2 fully saturated rings. The lowest BCUT2D eigenvalue weighted by Crippen LogP contribution is -2.69. The maximum absolute atomic E-state index is 10.0. The zero-order chi connectivity index (χ0) is 14.3. The molecule has 0 aromatic heterocycles. The van der Waals surface area contributed by atoms with Crippen molar-refractivity contribution in [2.24, 2.45) is 0 Å². The Morgan fingerprint density at radius 2 is 1.16 bits per heavy atom. The van der Waals surface area contributed by atoms with Crippen LogP contribution in [0.2, 0.25) is 0 Å². The maximum Gasteiger partial charge on any atom is 0.202 e. The quantitative estimate of drug-likeness (QED) is 0.479. The summed E-state index contributed by atoms with van der Waals surface area (Å²) in [6.45, 7) is 3.64. The van der Waals surface area contributed by atoms with Crippen LogP contribution in [0.3, 0.4) is 0 Å². The molecule has 0 amide bonds. The lowest BCUT2D eigenvalue weighted by Gasteiger charge is -2.54. The van der Waals surface area contributed by atoms with E-state index in [0.717, 1.165) is 0 Å². The van der Waals surface area contributed by atoms with Crippen LogP contribution in [0.1, 0.15) is 26.7 Å². The smallest absolute Gasteiger partial charge is 0.202 e. The SMILES string of the molecule is CC(O)C(O)C1(OC2(C(O)C(C)O)CCO2)CCO1. The van der Waals surface area contributed by atoms with Crippen molar-refractivity contribution in [3.05, 3.63) is 0 Å². The first-order valence-electron chi connectivity index (χ1n) is 6.53. The Hall–Kier alpha value is -0.280. The van der Waals surface area contributed by atoms with Gasteiger partial charge in [0.2, 0.25) is 11.6 Å². The molecule has 2 heterocycles. The van der Waals surface area contributed by atoms with Gasteiger partial charge in [0.25, 0.3) is 0 Å². The van der Waals surface area contributed by atoms with Gasteiger partial charge in [-0.3, -0.25) is 0 Å². The Labute approximate surface area is 111 Å². The summed E-state index contributed by atoms with van der Waals surface area (Å²) in [5.74, 6) is -2.77. The number of hydrogen-bond acceptors (Lipinski definition) is 7. The molecule has 7 nitrogen and oxygen atoms in total. The summed E-state index contributed by atoms with van der Waals surface area (Å²) >= 11 is 0. The second-order valence-electron chi connectivity index (χ2n) is 5.29. The Morgan fingerprint density at radius 1 is 0.842 bits per heavy atom. The molecule has 0 bridgehead atoms. The van der Waals surface area contributed by atoms with Gasteiger partial charge in [-0.25, -0.2) is 0 Å². The van der Waals surface area contributed by atoms with Gasteiger partial charge in [-0.1, -0.05) is 0 Å². The Morgan fingerprint density at radius 3 is 1.32 bits per heavy atom. The van der Waals surface area contributed by atoms with Crippen LogP contribution in [0.4, 0.5) is 0 Å². The first kappa shape index (κ1) is 15.1. The predicted molar refractivity (Wildman–Crippen MR) is 63.1 cm³/mol. The van der Waals surface area contributed by atoms with Gasteiger partial charge in [0.15, 0.2) is 0 Å². The van der Waals surface area contributed by atoms with E-state index in [9.17, 15) is 20.4 Å². The zero-order valence-corrected chi connectivity index (χ0v) is 11.2. The summed E-state index contributed by atoms with van der Waals surface area (Å²) in [5.41, 5.74) is 0. The van der Waals surface area contributed by atoms with E-state index in [1.165, 1.54) is 13.8 Å². The lowest BCUT2D eigenvalue weighted by atomic mass is 9.93. The Kier molecular flexibility index (Phi) is 4.18. The van der Waals surface area contributed by atoms with E-state index in [4.69, 9.17) is 14.2 Å². The molecule has 0 radical (unpaired) electrons. The average Bonchev–Trinajstić information content (AvgIpc) is 2.24. The first-order valence-corrected chi connectivity index (χ1v) is 6.53. The van der Waals surface area contributed by atoms with Crippen molar-refractivity contribution in [1.29, 1.82) is 0 Å². The third-order valence-electron chi connectivity index (χ3n) is 3.75. The van der Waals surface area contributed by atoms with Crippen molar-refractivity contribution < 1.29 is 34.6 Å². The lowest BCUT2D eigenvalue weighted by molar-refractivity contribution is -0.470. The molecule has 112 valence electrons. The number of ether oxygens (including phenoxy) is 3.